The van der Waals surface area contributed by atoms with Crippen LogP contribution >= 0.6 is 0 Å². The van der Waals surface area contributed by atoms with Gasteiger partial charge in [0.25, 0.3) is 21.8 Å². The van der Waals surface area contributed by atoms with Crippen LogP contribution in [0, 0.1) is 0 Å². The van der Waals surface area contributed by atoms with Gasteiger partial charge in [0.15, 0.2) is 6.04 Å². The Kier molecular flexibility index (Phi) is 8.30. The Morgan fingerprint density at radius 3 is 2.51 bits per heavy atom. The number of ether oxygens (including phenoxy) is 2. The van der Waals surface area contributed by atoms with Crippen molar-refractivity contribution in [1.82, 2.24) is 24.1 Å². The van der Waals surface area contributed by atoms with Gasteiger partial charge in [-0.3, -0.25) is 14.4 Å². The topological polar surface area (TPSA) is 140 Å². The van der Waals surface area contributed by atoms with E-state index in [1.54, 1.807) is 41.9 Å². The van der Waals surface area contributed by atoms with Gasteiger partial charge >= 0.3 is 0 Å². The van der Waals surface area contributed by atoms with Gasteiger partial charge in [0.1, 0.15) is 23.0 Å². The summed E-state index contributed by atoms with van der Waals surface area (Å²) in [6.45, 7) is -0.0415. The number of sulfonamides is 1. The molecule has 1 aromatic heterocycles. The summed E-state index contributed by atoms with van der Waals surface area (Å²) in [5, 5.41) is 2.94. The van der Waals surface area contributed by atoms with Gasteiger partial charge < -0.3 is 24.3 Å². The highest BCUT2D eigenvalue weighted by molar-refractivity contribution is 7.90. The molecular formula is C32H33N5O7S. The second-order valence-corrected chi connectivity index (χ2v) is 12.8. The van der Waals surface area contributed by atoms with Crippen molar-refractivity contribution in [3.8, 4) is 5.75 Å². The molecule has 234 valence electrons. The Balaban J connectivity index is 1.41. The zero-order valence-electron chi connectivity index (χ0n) is 24.9. The van der Waals surface area contributed by atoms with E-state index < -0.39 is 40.3 Å². The van der Waals surface area contributed by atoms with Crippen LogP contribution < -0.4 is 10.1 Å². The first-order valence-electron chi connectivity index (χ1n) is 14.6. The monoisotopic (exact) mass is 631 g/mol. The molecule has 2 atom stereocenters. The van der Waals surface area contributed by atoms with E-state index in [2.05, 4.69) is 5.32 Å². The smallest absolute Gasteiger partial charge is 0.269 e. The molecule has 13 heteroatoms. The van der Waals surface area contributed by atoms with Crippen LogP contribution in [-0.4, -0.2) is 77.8 Å². The van der Waals surface area contributed by atoms with E-state index in [-0.39, 0.29) is 35.5 Å². The normalized spacial score (nSPS) is 17.7. The molecule has 4 aromatic rings. The number of carbonyl (C=O) groups is 3. The maximum Gasteiger partial charge on any atom is 0.269 e. The van der Waals surface area contributed by atoms with E-state index in [4.69, 9.17) is 14.5 Å². The number of hydrogen-bond donors (Lipinski definition) is 1. The summed E-state index contributed by atoms with van der Waals surface area (Å²) in [5.74, 6) is -1.18. The summed E-state index contributed by atoms with van der Waals surface area (Å²) in [6, 6.07) is 18.9. The molecule has 0 saturated carbocycles. The molecule has 0 aliphatic carbocycles. The highest BCUT2D eigenvalue weighted by Crippen LogP contribution is 2.32. The maximum atomic E-state index is 14.3. The number of benzene rings is 3. The number of para-hydroxylation sites is 2. The van der Waals surface area contributed by atoms with Gasteiger partial charge in [-0.25, -0.2) is 17.7 Å². The molecule has 0 bridgehead atoms. The number of rotatable bonds is 10. The Morgan fingerprint density at radius 1 is 1.09 bits per heavy atom. The van der Waals surface area contributed by atoms with Crippen molar-refractivity contribution >= 4 is 38.8 Å². The Morgan fingerprint density at radius 2 is 1.82 bits per heavy atom. The van der Waals surface area contributed by atoms with E-state index in [1.807, 2.05) is 24.3 Å². The third kappa shape index (κ3) is 5.76. The van der Waals surface area contributed by atoms with Gasteiger partial charge in [-0.1, -0.05) is 36.4 Å². The lowest BCUT2D eigenvalue weighted by atomic mass is 10.1. The Bertz CT molecular complexity index is 1870. The summed E-state index contributed by atoms with van der Waals surface area (Å²) in [7, 11) is -0.990. The van der Waals surface area contributed by atoms with E-state index in [9.17, 15) is 22.8 Å². The summed E-state index contributed by atoms with van der Waals surface area (Å²) in [4.78, 5) is 47.6. The number of aryl methyl sites for hydroxylation is 1. The third-order valence-electron chi connectivity index (χ3n) is 8.18. The summed E-state index contributed by atoms with van der Waals surface area (Å²) in [5.41, 5.74) is 2.01. The van der Waals surface area contributed by atoms with Crippen molar-refractivity contribution in [2.75, 3.05) is 26.8 Å². The fourth-order valence-corrected chi connectivity index (χ4v) is 7.29. The van der Waals surface area contributed by atoms with E-state index >= 15 is 0 Å². The van der Waals surface area contributed by atoms with Crippen LogP contribution in [0.25, 0.3) is 11.0 Å². The van der Waals surface area contributed by atoms with E-state index in [0.29, 0.717) is 27.7 Å². The molecule has 45 heavy (non-hydrogen) atoms. The first-order valence-corrected chi connectivity index (χ1v) is 16.0. The van der Waals surface area contributed by atoms with Crippen LogP contribution in [0.1, 0.15) is 40.6 Å². The molecular weight excluding hydrogens is 598 g/mol. The first kappa shape index (κ1) is 30.3. The molecule has 6 rings (SSSR count). The minimum atomic E-state index is -4.28. The van der Waals surface area contributed by atoms with Crippen LogP contribution in [0.15, 0.2) is 77.7 Å². The van der Waals surface area contributed by atoms with Gasteiger partial charge in [-0.2, -0.15) is 0 Å². The van der Waals surface area contributed by atoms with Gasteiger partial charge in [0, 0.05) is 26.7 Å². The molecule has 0 radical (unpaired) electrons. The average molecular weight is 632 g/mol. The fourth-order valence-electron chi connectivity index (χ4n) is 5.78. The quantitative estimate of drug-likeness (QED) is 0.282. The number of nitrogens with zero attached hydrogens (tertiary/aromatic N) is 4. The average Bonchev–Trinajstić information content (AvgIpc) is 3.74. The highest BCUT2D eigenvalue weighted by Gasteiger charge is 2.44. The van der Waals surface area contributed by atoms with E-state index in [1.165, 1.54) is 30.2 Å². The lowest BCUT2D eigenvalue weighted by molar-refractivity contribution is -0.142. The predicted molar refractivity (Wildman–Crippen MR) is 164 cm³/mol. The van der Waals surface area contributed by atoms with Crippen molar-refractivity contribution in [2.45, 2.75) is 36.4 Å². The van der Waals surface area contributed by atoms with Gasteiger partial charge in [0.05, 0.1) is 29.8 Å². The molecule has 3 aromatic carbocycles. The highest BCUT2D eigenvalue weighted by atomic mass is 32.2. The summed E-state index contributed by atoms with van der Waals surface area (Å²) >= 11 is 0. The predicted octanol–water partition coefficient (Wildman–Crippen LogP) is 2.79. The lowest BCUT2D eigenvalue weighted by Crippen LogP contribution is -2.49. The standard InChI is InChI=1S/C32H33N5O7S/c1-35-26-11-5-4-10-25(26)34-30(35)29(31(39)33-18-23-8-7-17-44-23)36(19-21-13-15-22(43-2)16-14-21)28(38)20-37-32(40)24-9-3-6-12-27(24)45(37,41)42/h3-6,9-16,23,29H,7-8,17-20H2,1-2H3,(H,33,39)/t23-,29+/m0/s1. The zero-order valence-corrected chi connectivity index (χ0v) is 25.7. The Hall–Kier alpha value is -4.75. The number of fused-ring (bicyclic) bond motifs is 2. The van der Waals surface area contributed by atoms with Gasteiger partial charge in [-0.15, -0.1) is 0 Å². The van der Waals surface area contributed by atoms with Crippen molar-refractivity contribution in [1.29, 1.82) is 0 Å². The molecule has 3 heterocycles. The largest absolute Gasteiger partial charge is 0.497 e. The number of imidazole rings is 1. The van der Waals surface area contributed by atoms with E-state index in [0.717, 1.165) is 18.4 Å². The second kappa shape index (κ2) is 12.3. The number of amides is 3. The van der Waals surface area contributed by atoms with Gasteiger partial charge in [-0.05, 0) is 54.8 Å². The molecule has 0 spiro atoms. The molecule has 1 fully saturated rings. The molecule has 1 saturated heterocycles. The minimum Gasteiger partial charge on any atom is -0.497 e. The summed E-state index contributed by atoms with van der Waals surface area (Å²) < 4.78 is 40.1. The number of methoxy groups -OCH3 is 1. The Labute approximate surface area is 260 Å². The van der Waals surface area contributed by atoms with Crippen LogP contribution in [0.2, 0.25) is 0 Å². The SMILES string of the molecule is COc1ccc(CN(C(=O)CN2C(=O)c3ccccc3S2(=O)=O)[C@@H](C(=O)NC[C@@H]2CCCO2)c2nc3ccccc3n2C)cc1. The molecule has 3 amide bonds. The summed E-state index contributed by atoms with van der Waals surface area (Å²) in [6.07, 6.45) is 1.52. The zero-order chi connectivity index (χ0) is 31.7. The number of carbonyl (C=O) groups excluding carboxylic acids is 3. The lowest BCUT2D eigenvalue weighted by Gasteiger charge is -2.32. The van der Waals surface area contributed by atoms with Gasteiger partial charge in [0.2, 0.25) is 5.91 Å². The van der Waals surface area contributed by atoms with Crippen molar-refractivity contribution in [3.05, 3.63) is 89.7 Å². The fraction of sp³-hybridized carbons (Fsp3) is 0.312. The molecule has 0 unspecified atom stereocenters. The molecule has 2 aliphatic rings. The number of aromatic nitrogens is 2. The first-order chi connectivity index (χ1) is 21.7. The molecule has 1 N–H and O–H groups in total. The number of nitrogens with one attached hydrogen (secondary N) is 1. The van der Waals surface area contributed by atoms with Crippen molar-refractivity contribution in [3.63, 3.8) is 0 Å². The second-order valence-electron chi connectivity index (χ2n) is 11.0. The van der Waals surface area contributed by atoms with Crippen molar-refractivity contribution in [2.24, 2.45) is 7.05 Å². The van der Waals surface area contributed by atoms with Crippen LogP contribution in [0.3, 0.4) is 0 Å². The van der Waals surface area contributed by atoms with Crippen LogP contribution in [-0.2, 0) is 37.9 Å². The van der Waals surface area contributed by atoms with Crippen molar-refractivity contribution < 1.29 is 32.3 Å². The maximum absolute atomic E-state index is 14.3. The minimum absolute atomic E-state index is 0.00629. The third-order valence-corrected chi connectivity index (χ3v) is 9.96. The molecule has 12 nitrogen and oxygen atoms in total. The van der Waals surface area contributed by atoms with Crippen LogP contribution in [0.5, 0.6) is 5.75 Å². The molecule has 2 aliphatic heterocycles. The number of hydrogen-bond acceptors (Lipinski definition) is 8. The van der Waals surface area contributed by atoms with Crippen LogP contribution in [0.4, 0.5) is 0 Å².